The summed E-state index contributed by atoms with van der Waals surface area (Å²) in [5.74, 6) is -3.29. The molecule has 0 fully saturated rings. The third-order valence-electron chi connectivity index (χ3n) is 7.02. The van der Waals surface area contributed by atoms with E-state index in [1.54, 1.807) is 0 Å². The number of carboxylic acids is 2. The van der Waals surface area contributed by atoms with Crippen molar-refractivity contribution < 1.29 is 40.2 Å². The first kappa shape index (κ1) is 27.2. The summed E-state index contributed by atoms with van der Waals surface area (Å²) in [7, 11) is 0. The summed E-state index contributed by atoms with van der Waals surface area (Å²) < 4.78 is 0. The Bertz CT molecular complexity index is 1500. The average molecular weight is 581 g/mol. The van der Waals surface area contributed by atoms with Crippen LogP contribution in [0.25, 0.3) is 0 Å². The van der Waals surface area contributed by atoms with Gasteiger partial charge in [-0.2, -0.15) is 0 Å². The van der Waals surface area contributed by atoms with Gasteiger partial charge in [-0.15, -0.1) is 0 Å². The molecule has 1 aliphatic rings. The first-order valence-electron chi connectivity index (χ1n) is 12.1. The van der Waals surface area contributed by atoms with Gasteiger partial charge in [-0.25, -0.2) is 9.59 Å². The van der Waals surface area contributed by atoms with E-state index in [1.165, 1.54) is 48.5 Å². The molecule has 0 aromatic heterocycles. The third-order valence-corrected chi connectivity index (χ3v) is 7.45. The molecule has 5 rings (SSSR count). The average Bonchev–Trinajstić information content (AvgIpc) is 2.88. The van der Waals surface area contributed by atoms with Gasteiger partial charge in [0.25, 0.3) is 0 Å². The zero-order valence-corrected chi connectivity index (χ0v) is 22.2. The maximum absolute atomic E-state index is 11.9. The van der Waals surface area contributed by atoms with Gasteiger partial charge in [0.1, 0.15) is 23.0 Å². The Hall–Kier alpha value is -4.40. The Morgan fingerprint density at radius 1 is 0.450 bits per heavy atom. The van der Waals surface area contributed by atoms with E-state index in [4.69, 9.17) is 23.2 Å². The van der Waals surface area contributed by atoms with Crippen molar-refractivity contribution in [2.45, 2.75) is 25.7 Å². The molecule has 0 aliphatic heterocycles. The molecule has 0 amide bonds. The van der Waals surface area contributed by atoms with Gasteiger partial charge in [0.2, 0.25) is 0 Å². The Balaban J connectivity index is 1.82. The van der Waals surface area contributed by atoms with Gasteiger partial charge in [-0.05, 0) is 70.8 Å². The van der Waals surface area contributed by atoms with E-state index in [1.807, 2.05) is 0 Å². The minimum Gasteiger partial charge on any atom is -0.507 e. The molecule has 4 aromatic rings. The number of carbonyl (C=O) groups is 2. The van der Waals surface area contributed by atoms with Crippen molar-refractivity contribution >= 4 is 35.1 Å². The van der Waals surface area contributed by atoms with Crippen molar-refractivity contribution in [2.24, 2.45) is 0 Å². The van der Waals surface area contributed by atoms with Crippen LogP contribution in [0.2, 0.25) is 10.0 Å². The Morgan fingerprint density at radius 2 is 0.650 bits per heavy atom. The fourth-order valence-electron chi connectivity index (χ4n) is 5.10. The molecule has 0 saturated carbocycles. The molecular formula is C30H22Cl2O8. The highest BCUT2D eigenvalue weighted by Crippen LogP contribution is 2.40. The van der Waals surface area contributed by atoms with Crippen LogP contribution in [0.5, 0.6) is 23.0 Å². The number of carboxylic acid groups (broad SMARTS) is 2. The van der Waals surface area contributed by atoms with E-state index in [9.17, 15) is 40.2 Å². The standard InChI is InChI=1S/C30H22Cl2O8/c31-23-9-17-1-13-5-21(29(37)38)6-14(25(13)33)2-19-11-24(32)12-20(28(19)36)4-16-8-22(30(39)40)7-15(26(16)34)3-18(10-23)27(17)35/h5-12,33-36H,1-4H2,(H,37,38)(H,39,40). The summed E-state index contributed by atoms with van der Waals surface area (Å²) >= 11 is 12.7. The molecule has 0 spiro atoms. The van der Waals surface area contributed by atoms with E-state index in [2.05, 4.69) is 0 Å². The van der Waals surface area contributed by atoms with Crippen LogP contribution in [-0.2, 0) is 25.7 Å². The van der Waals surface area contributed by atoms with Gasteiger partial charge in [-0.3, -0.25) is 0 Å². The molecule has 8 nitrogen and oxygen atoms in total. The smallest absolute Gasteiger partial charge is 0.335 e. The summed E-state index contributed by atoms with van der Waals surface area (Å²) in [6.45, 7) is 0. The highest BCUT2D eigenvalue weighted by Gasteiger charge is 2.23. The molecule has 0 unspecified atom stereocenters. The second-order valence-electron chi connectivity index (χ2n) is 9.75. The maximum atomic E-state index is 11.9. The summed E-state index contributed by atoms with van der Waals surface area (Å²) in [4.78, 5) is 23.8. The molecule has 0 radical (unpaired) electrons. The monoisotopic (exact) mass is 580 g/mol. The number of benzene rings is 4. The zero-order chi connectivity index (χ0) is 28.9. The Kier molecular flexibility index (Phi) is 6.99. The van der Waals surface area contributed by atoms with Gasteiger partial charge >= 0.3 is 11.9 Å². The molecule has 4 aromatic carbocycles. The number of halogens is 2. The second-order valence-corrected chi connectivity index (χ2v) is 10.6. The number of aromatic hydroxyl groups is 4. The first-order valence-corrected chi connectivity index (χ1v) is 12.8. The lowest BCUT2D eigenvalue weighted by molar-refractivity contribution is 0.0686. The summed E-state index contributed by atoms with van der Waals surface area (Å²) in [5.41, 5.74) is 1.70. The SMILES string of the molecule is O=C(O)c1cc2c(O)c(c1)Cc1cc(Cl)cc(c1O)Cc1cc(C(=O)O)cc(c1O)Cc1cc(Cl)cc(c1O)C2. The molecule has 0 saturated heterocycles. The van der Waals surface area contributed by atoms with Crippen molar-refractivity contribution in [3.63, 3.8) is 0 Å². The summed E-state index contributed by atoms with van der Waals surface area (Å²) in [6.07, 6.45) is -0.395. The lowest BCUT2D eigenvalue weighted by Gasteiger charge is -2.18. The van der Waals surface area contributed by atoms with Crippen LogP contribution in [-0.4, -0.2) is 42.6 Å². The van der Waals surface area contributed by atoms with Gasteiger partial charge in [-0.1, -0.05) is 23.2 Å². The number of phenols is 4. The van der Waals surface area contributed by atoms with Gasteiger partial charge in [0.05, 0.1) is 11.1 Å². The highest BCUT2D eigenvalue weighted by atomic mass is 35.5. The van der Waals surface area contributed by atoms with Crippen LogP contribution in [0, 0.1) is 0 Å². The van der Waals surface area contributed by atoms with Crippen molar-refractivity contribution in [2.75, 3.05) is 0 Å². The van der Waals surface area contributed by atoms with E-state index in [0.717, 1.165) is 0 Å². The quantitative estimate of drug-likeness (QED) is 0.151. The minimum atomic E-state index is -1.23. The Labute approximate surface area is 237 Å². The lowest BCUT2D eigenvalue weighted by atomic mass is 9.90. The molecule has 10 heteroatoms. The highest BCUT2D eigenvalue weighted by molar-refractivity contribution is 6.31. The van der Waals surface area contributed by atoms with E-state index < -0.39 is 11.9 Å². The number of fused-ring (bicyclic) bond motifs is 8. The zero-order valence-electron chi connectivity index (χ0n) is 20.7. The molecular weight excluding hydrogens is 559 g/mol. The maximum Gasteiger partial charge on any atom is 0.335 e. The molecule has 1 aliphatic carbocycles. The van der Waals surface area contributed by atoms with Crippen LogP contribution >= 0.6 is 23.2 Å². The largest absolute Gasteiger partial charge is 0.507 e. The fourth-order valence-corrected chi connectivity index (χ4v) is 5.63. The summed E-state index contributed by atoms with van der Waals surface area (Å²) in [6, 6.07) is 11.1. The fraction of sp³-hybridized carbons (Fsp3) is 0.133. The van der Waals surface area contributed by atoms with Gasteiger partial charge in [0, 0.05) is 58.0 Å². The number of hydrogen-bond acceptors (Lipinski definition) is 6. The van der Waals surface area contributed by atoms with Crippen LogP contribution in [0.3, 0.4) is 0 Å². The normalized spacial score (nSPS) is 12.7. The number of rotatable bonds is 2. The van der Waals surface area contributed by atoms with Crippen LogP contribution in [0.15, 0.2) is 48.5 Å². The van der Waals surface area contributed by atoms with Gasteiger partial charge in [0.15, 0.2) is 0 Å². The second kappa shape index (κ2) is 10.3. The van der Waals surface area contributed by atoms with Crippen molar-refractivity contribution in [1.29, 1.82) is 0 Å². The number of aromatic carboxylic acids is 2. The predicted molar refractivity (Wildman–Crippen MR) is 148 cm³/mol. The number of hydrogen-bond donors (Lipinski definition) is 6. The minimum absolute atomic E-state index is 0.0987. The van der Waals surface area contributed by atoms with E-state index in [-0.39, 0.29) is 114 Å². The molecule has 40 heavy (non-hydrogen) atoms. The Morgan fingerprint density at radius 3 is 0.850 bits per heavy atom. The van der Waals surface area contributed by atoms with Crippen molar-refractivity contribution in [3.05, 3.63) is 114 Å². The number of phenolic OH excluding ortho intramolecular Hbond substituents is 4. The topological polar surface area (TPSA) is 156 Å². The van der Waals surface area contributed by atoms with Crippen LogP contribution in [0.4, 0.5) is 0 Å². The van der Waals surface area contributed by atoms with Crippen molar-refractivity contribution in [1.82, 2.24) is 0 Å². The van der Waals surface area contributed by atoms with E-state index >= 15 is 0 Å². The first-order chi connectivity index (χ1) is 18.9. The van der Waals surface area contributed by atoms with Crippen LogP contribution < -0.4 is 0 Å². The third kappa shape index (κ3) is 5.11. The molecule has 0 atom stereocenters. The van der Waals surface area contributed by atoms with Gasteiger partial charge < -0.3 is 30.6 Å². The molecule has 6 N–H and O–H groups in total. The molecule has 8 bridgehead atoms. The van der Waals surface area contributed by atoms with Crippen molar-refractivity contribution in [3.8, 4) is 23.0 Å². The van der Waals surface area contributed by atoms with Crippen LogP contribution in [0.1, 0.15) is 65.2 Å². The molecule has 0 heterocycles. The van der Waals surface area contributed by atoms with E-state index in [0.29, 0.717) is 0 Å². The summed E-state index contributed by atoms with van der Waals surface area (Å²) in [5, 5.41) is 64.6. The molecule has 204 valence electrons. The predicted octanol–water partition coefficient (Wildman–Crippen LogP) is 5.89. The lowest BCUT2D eigenvalue weighted by Crippen LogP contribution is -2.05.